The lowest BCUT2D eigenvalue weighted by Crippen LogP contribution is -2.46. The fourth-order valence-corrected chi connectivity index (χ4v) is 7.00. The van der Waals surface area contributed by atoms with E-state index in [-0.39, 0.29) is 28.1 Å². The van der Waals surface area contributed by atoms with Gasteiger partial charge < -0.3 is 19.2 Å². The molecule has 2 aromatic heterocycles. The number of ether oxygens (including phenoxy) is 2. The predicted octanol–water partition coefficient (Wildman–Crippen LogP) is 7.80. The molecule has 0 unspecified atom stereocenters. The minimum absolute atomic E-state index is 0.0340. The molecule has 1 N–H and O–H groups in total. The Morgan fingerprint density at radius 2 is 1.50 bits per heavy atom. The fraction of sp³-hybridized carbons (Fsp3) is 0.297. The van der Waals surface area contributed by atoms with Gasteiger partial charge >= 0.3 is 6.08 Å². The molecule has 0 amide bonds. The topological polar surface area (TPSA) is 83.3 Å². The molecule has 3 heterocycles. The van der Waals surface area contributed by atoms with Crippen molar-refractivity contribution in [3.63, 3.8) is 0 Å². The molecular weight excluding hydrogens is 629 g/mol. The van der Waals surface area contributed by atoms with E-state index in [0.717, 1.165) is 16.7 Å². The molecule has 0 spiro atoms. The fourth-order valence-electron chi connectivity index (χ4n) is 5.77. The van der Waals surface area contributed by atoms with Crippen LogP contribution >= 0.6 is 0 Å². The van der Waals surface area contributed by atoms with Gasteiger partial charge in [0.1, 0.15) is 17.4 Å². The molecule has 0 bridgehead atoms. The van der Waals surface area contributed by atoms with Crippen LogP contribution < -0.4 is 10.1 Å². The number of nitrogens with one attached hydrogen (secondary N) is 1. The van der Waals surface area contributed by atoms with Gasteiger partial charge in [0.15, 0.2) is 37.7 Å². The minimum atomic E-state index is -2.45. The Morgan fingerprint density at radius 3 is 2.04 bits per heavy atom. The van der Waals surface area contributed by atoms with Crippen LogP contribution in [-0.2, 0) is 14.7 Å². The number of alkyl halides is 1. The van der Waals surface area contributed by atoms with Gasteiger partial charge in [-0.25, -0.2) is 9.37 Å². The van der Waals surface area contributed by atoms with Gasteiger partial charge in [-0.2, -0.15) is 14.4 Å². The lowest BCUT2D eigenvalue weighted by atomic mass is 9.77. The number of anilines is 1. The van der Waals surface area contributed by atoms with Gasteiger partial charge in [-0.15, -0.1) is 6.42 Å². The first-order valence-electron chi connectivity index (χ1n) is 15.7. The second-order valence-electron chi connectivity index (χ2n) is 13.3. The van der Waals surface area contributed by atoms with Crippen molar-refractivity contribution >= 4 is 25.3 Å². The molecule has 8 nitrogen and oxygen atoms in total. The van der Waals surface area contributed by atoms with E-state index in [9.17, 15) is 0 Å². The van der Waals surface area contributed by atoms with Crippen molar-refractivity contribution in [2.45, 2.75) is 62.9 Å². The monoisotopic (exact) mass is 666 g/mol. The van der Waals surface area contributed by atoms with Gasteiger partial charge in [0.05, 0.1) is 13.4 Å². The Labute approximate surface area is 280 Å². The van der Waals surface area contributed by atoms with Crippen molar-refractivity contribution in [3.8, 4) is 18.1 Å². The van der Waals surface area contributed by atoms with Crippen LogP contribution in [0.1, 0.15) is 43.7 Å². The summed E-state index contributed by atoms with van der Waals surface area (Å²) in [5.41, 5.74) is 1.71. The lowest BCUT2D eigenvalue weighted by Gasteiger charge is -2.39. The zero-order valence-corrected chi connectivity index (χ0v) is 28.7. The maximum Gasteiger partial charge on any atom is 0.312 e. The van der Waals surface area contributed by atoms with Crippen molar-refractivity contribution in [2.75, 3.05) is 12.4 Å². The first-order valence-corrected chi connectivity index (χ1v) is 18.6. The van der Waals surface area contributed by atoms with Gasteiger partial charge in [-0.3, -0.25) is 4.57 Å². The maximum absolute atomic E-state index is 16.3. The van der Waals surface area contributed by atoms with Crippen LogP contribution in [0.5, 0.6) is 5.75 Å². The highest BCUT2D eigenvalue weighted by molar-refractivity contribution is 6.74. The van der Waals surface area contributed by atoms with Crippen LogP contribution in [0, 0.1) is 24.5 Å². The Morgan fingerprint density at radius 1 is 0.917 bits per heavy atom. The molecule has 0 aliphatic carbocycles. The third-order valence-electron chi connectivity index (χ3n) is 9.35. The standard InChI is InChI=1S/C37H38F2N5O3Si/c1-8-28-31(47-48(6,7)36(2,3)4)29(38)34(46-28)44-23-40-30-32(41-35(39)42-33(30)44)43-37(24-15-11-9-12-16-24,25-17-13-10-14-18-25)26-19-21-27(45-5)22-20-26/h1,9-23,29,31,34H,2-7H3,(H,41,42,43)/t29-,31+,34+/m0/s1. The van der Waals surface area contributed by atoms with Gasteiger partial charge in [-0.1, -0.05) is 99.5 Å². The molecule has 48 heavy (non-hydrogen) atoms. The average Bonchev–Trinajstić information content (AvgIpc) is 3.63. The summed E-state index contributed by atoms with van der Waals surface area (Å²) in [7, 11) is -0.845. The molecule has 1 saturated heterocycles. The summed E-state index contributed by atoms with van der Waals surface area (Å²) in [6, 6.07) is 27.1. The predicted molar refractivity (Wildman–Crippen MR) is 184 cm³/mol. The highest BCUT2D eigenvalue weighted by Gasteiger charge is 2.52. The number of halogens is 2. The molecule has 3 atom stereocenters. The Balaban J connectivity index is 1.48. The quantitative estimate of drug-likeness (QED) is 0.0744. The number of aromatic nitrogens is 4. The molecule has 6 rings (SSSR count). The highest BCUT2D eigenvalue weighted by atomic mass is 28.4. The summed E-state index contributed by atoms with van der Waals surface area (Å²) in [5, 5.41) is 3.36. The lowest BCUT2D eigenvalue weighted by molar-refractivity contribution is 0.0332. The van der Waals surface area contributed by atoms with Crippen LogP contribution in [-0.4, -0.2) is 47.2 Å². The molecule has 3 aromatic carbocycles. The Bertz CT molecular complexity index is 1890. The summed E-state index contributed by atoms with van der Waals surface area (Å²) >= 11 is 0. The normalized spacial score (nSPS) is 18.9. The van der Waals surface area contributed by atoms with Gasteiger partial charge in [0.25, 0.3) is 0 Å². The third-order valence-corrected chi connectivity index (χ3v) is 13.8. The zero-order chi connectivity index (χ0) is 34.3. The SMILES string of the molecule is C#C[C]1O[C@@H](n2cnc3c(NC(c4ccccc4)(c4ccccc4)c4ccc(OC)cc4)nc(F)nc32)[C@@H](F)[C@@H]1O[Si](C)(C)C(C)(C)C. The van der Waals surface area contributed by atoms with Crippen LogP contribution in [0.25, 0.3) is 11.2 Å². The summed E-state index contributed by atoms with van der Waals surface area (Å²) in [4.78, 5) is 12.8. The highest BCUT2D eigenvalue weighted by Crippen LogP contribution is 2.46. The number of imidazole rings is 1. The molecule has 1 aliphatic rings. The molecule has 11 heteroatoms. The van der Waals surface area contributed by atoms with E-state index >= 15 is 8.78 Å². The number of nitrogens with zero attached hydrogens (tertiary/aromatic N) is 4. The second-order valence-corrected chi connectivity index (χ2v) is 18.0. The molecule has 1 radical (unpaired) electrons. The molecule has 1 fully saturated rings. The van der Waals surface area contributed by atoms with E-state index in [0.29, 0.717) is 5.75 Å². The molecule has 247 valence electrons. The maximum atomic E-state index is 16.3. The van der Waals surface area contributed by atoms with Crippen molar-refractivity contribution in [1.29, 1.82) is 0 Å². The van der Waals surface area contributed by atoms with Crippen LogP contribution in [0.3, 0.4) is 0 Å². The molecule has 0 saturated carbocycles. The van der Waals surface area contributed by atoms with Gasteiger partial charge in [0.2, 0.25) is 6.10 Å². The van der Waals surface area contributed by atoms with Crippen LogP contribution in [0.15, 0.2) is 91.3 Å². The molecular formula is C37H38F2N5O3Si. The summed E-state index contributed by atoms with van der Waals surface area (Å²) in [6.07, 6.45) is 2.07. The van der Waals surface area contributed by atoms with Crippen LogP contribution in [0.2, 0.25) is 18.1 Å². The minimum Gasteiger partial charge on any atom is -0.497 e. The summed E-state index contributed by atoms with van der Waals surface area (Å²) in [5.74, 6) is 3.25. The number of benzene rings is 3. The molecule has 5 aromatic rings. The summed E-state index contributed by atoms with van der Waals surface area (Å²) < 4.78 is 51.0. The van der Waals surface area contributed by atoms with Crippen molar-refractivity contribution in [1.82, 2.24) is 19.5 Å². The number of hydrogen-bond donors (Lipinski definition) is 1. The smallest absolute Gasteiger partial charge is 0.312 e. The number of terminal acetylenes is 1. The van der Waals surface area contributed by atoms with Crippen molar-refractivity contribution in [2.24, 2.45) is 0 Å². The Kier molecular flexibility index (Phi) is 8.85. The summed E-state index contributed by atoms with van der Waals surface area (Å²) in [6.45, 7) is 10.2. The number of rotatable bonds is 9. The van der Waals surface area contributed by atoms with E-state index < -0.39 is 38.4 Å². The van der Waals surface area contributed by atoms with E-state index in [1.807, 2.05) is 98.0 Å². The zero-order valence-electron chi connectivity index (χ0n) is 27.7. The largest absolute Gasteiger partial charge is 0.497 e. The van der Waals surface area contributed by atoms with E-state index in [4.69, 9.17) is 20.3 Å². The first kappa shape index (κ1) is 33.3. The van der Waals surface area contributed by atoms with E-state index in [2.05, 4.69) is 47.0 Å². The third kappa shape index (κ3) is 5.85. The first-order chi connectivity index (χ1) is 22.9. The van der Waals surface area contributed by atoms with Crippen molar-refractivity contribution in [3.05, 3.63) is 120 Å². The number of fused-ring (bicyclic) bond motifs is 1. The van der Waals surface area contributed by atoms with Crippen molar-refractivity contribution < 1.29 is 22.7 Å². The number of hydrogen-bond acceptors (Lipinski definition) is 7. The molecule has 1 aliphatic heterocycles. The van der Waals surface area contributed by atoms with Gasteiger partial charge in [-0.05, 0) is 47.0 Å². The van der Waals surface area contributed by atoms with Gasteiger partial charge in [0, 0.05) is 0 Å². The van der Waals surface area contributed by atoms with Crippen LogP contribution in [0.4, 0.5) is 14.6 Å². The second kappa shape index (κ2) is 12.8. The Hall–Kier alpha value is -4.63. The van der Waals surface area contributed by atoms with E-state index in [1.165, 1.54) is 10.9 Å². The number of methoxy groups -OCH3 is 1. The van der Waals surface area contributed by atoms with E-state index in [1.54, 1.807) is 7.11 Å². The average molecular weight is 667 g/mol.